The summed E-state index contributed by atoms with van der Waals surface area (Å²) in [6.07, 6.45) is 8.67. The molecule has 2 aromatic heterocycles. The van der Waals surface area contributed by atoms with Gasteiger partial charge in [-0.25, -0.2) is 4.98 Å². The zero-order valence-corrected chi connectivity index (χ0v) is 14.7. The number of fused-ring (bicyclic) bond motifs is 2. The van der Waals surface area contributed by atoms with Crippen LogP contribution in [-0.4, -0.2) is 39.4 Å². The molecule has 6 heteroatoms. The molecular weight excluding hydrogens is 328 g/mol. The predicted octanol–water partition coefficient (Wildman–Crippen LogP) is 2.74. The normalized spacial score (nSPS) is 17.4. The van der Waals surface area contributed by atoms with Crippen LogP contribution in [0.5, 0.6) is 5.75 Å². The Morgan fingerprint density at radius 1 is 1.12 bits per heavy atom. The topological polar surface area (TPSA) is 61.5 Å². The highest BCUT2D eigenvalue weighted by atomic mass is 16.5. The fourth-order valence-corrected chi connectivity index (χ4v) is 4.14. The maximum atomic E-state index is 5.68. The molecule has 26 heavy (non-hydrogen) atoms. The van der Waals surface area contributed by atoms with Gasteiger partial charge in [-0.3, -0.25) is 4.40 Å². The van der Waals surface area contributed by atoms with Gasteiger partial charge in [-0.2, -0.15) is 0 Å². The average Bonchev–Trinajstić information content (AvgIpc) is 3.36. The predicted molar refractivity (Wildman–Crippen MR) is 96.6 cm³/mol. The standard InChI is InChI=1S/C20H22N4O2/c1-2-14(16-8-11-26-18(16)3-1)4-5-19-21-12-17(15-6-9-25-10-7-15)20-23-22-13-24(19)20/h1-3,12-13,15H,4-11H2. The molecule has 0 radical (unpaired) electrons. The molecule has 2 aliphatic heterocycles. The van der Waals surface area contributed by atoms with Gasteiger partial charge in [0.1, 0.15) is 17.9 Å². The van der Waals surface area contributed by atoms with Crippen LogP contribution in [0.4, 0.5) is 0 Å². The van der Waals surface area contributed by atoms with E-state index < -0.39 is 0 Å². The highest BCUT2D eigenvalue weighted by Crippen LogP contribution is 2.30. The average molecular weight is 350 g/mol. The molecule has 1 saturated heterocycles. The first kappa shape index (κ1) is 15.8. The summed E-state index contributed by atoms with van der Waals surface area (Å²) in [5.41, 5.74) is 4.86. The van der Waals surface area contributed by atoms with Crippen molar-refractivity contribution in [2.24, 2.45) is 0 Å². The zero-order chi connectivity index (χ0) is 17.3. The highest BCUT2D eigenvalue weighted by Gasteiger charge is 2.21. The third-order valence-electron chi connectivity index (χ3n) is 5.56. The molecule has 0 amide bonds. The lowest BCUT2D eigenvalue weighted by Crippen LogP contribution is -2.16. The van der Waals surface area contributed by atoms with Crippen molar-refractivity contribution in [3.8, 4) is 5.75 Å². The van der Waals surface area contributed by atoms with E-state index in [0.717, 1.165) is 69.1 Å². The lowest BCUT2D eigenvalue weighted by Gasteiger charge is -2.22. The van der Waals surface area contributed by atoms with Gasteiger partial charge in [0.05, 0.1) is 6.61 Å². The maximum Gasteiger partial charge on any atom is 0.167 e. The zero-order valence-electron chi connectivity index (χ0n) is 14.7. The second-order valence-electron chi connectivity index (χ2n) is 7.03. The first-order valence-corrected chi connectivity index (χ1v) is 9.39. The van der Waals surface area contributed by atoms with Gasteiger partial charge in [0.2, 0.25) is 0 Å². The van der Waals surface area contributed by atoms with Crippen LogP contribution in [0.3, 0.4) is 0 Å². The van der Waals surface area contributed by atoms with E-state index in [2.05, 4.69) is 32.8 Å². The van der Waals surface area contributed by atoms with Crippen LogP contribution >= 0.6 is 0 Å². The van der Waals surface area contributed by atoms with Crippen LogP contribution in [0.15, 0.2) is 30.7 Å². The van der Waals surface area contributed by atoms with Crippen molar-refractivity contribution in [1.82, 2.24) is 19.6 Å². The van der Waals surface area contributed by atoms with Crippen LogP contribution in [0.1, 0.15) is 41.3 Å². The molecule has 0 saturated carbocycles. The molecule has 0 aliphatic carbocycles. The Labute approximate surface area is 152 Å². The monoisotopic (exact) mass is 350 g/mol. The number of rotatable bonds is 4. The molecule has 6 nitrogen and oxygen atoms in total. The van der Waals surface area contributed by atoms with E-state index in [1.54, 1.807) is 6.33 Å². The minimum Gasteiger partial charge on any atom is -0.493 e. The van der Waals surface area contributed by atoms with Crippen molar-refractivity contribution < 1.29 is 9.47 Å². The molecule has 134 valence electrons. The number of aryl methyl sites for hydroxylation is 2. The molecule has 4 heterocycles. The van der Waals surface area contributed by atoms with Gasteiger partial charge >= 0.3 is 0 Å². The Hall–Kier alpha value is -2.47. The summed E-state index contributed by atoms with van der Waals surface area (Å²) in [6.45, 7) is 2.42. The quantitative estimate of drug-likeness (QED) is 0.724. The first-order chi connectivity index (χ1) is 12.9. The van der Waals surface area contributed by atoms with Crippen molar-refractivity contribution in [2.75, 3.05) is 19.8 Å². The number of nitrogens with zero attached hydrogens (tertiary/aromatic N) is 4. The fraction of sp³-hybridized carbons (Fsp3) is 0.450. The molecule has 0 atom stereocenters. The summed E-state index contributed by atoms with van der Waals surface area (Å²) in [5.74, 6) is 2.52. The molecule has 3 aromatic rings. The second-order valence-corrected chi connectivity index (χ2v) is 7.03. The Kier molecular flexibility index (Phi) is 4.05. The minimum atomic E-state index is 0.464. The Morgan fingerprint density at radius 2 is 2.04 bits per heavy atom. The molecule has 1 aromatic carbocycles. The van der Waals surface area contributed by atoms with Gasteiger partial charge in [-0.1, -0.05) is 12.1 Å². The first-order valence-electron chi connectivity index (χ1n) is 9.39. The van der Waals surface area contributed by atoms with Crippen LogP contribution in [-0.2, 0) is 24.0 Å². The van der Waals surface area contributed by atoms with Crippen molar-refractivity contribution in [3.05, 3.63) is 53.2 Å². The van der Waals surface area contributed by atoms with Crippen molar-refractivity contribution in [1.29, 1.82) is 0 Å². The Balaban J connectivity index is 1.42. The number of ether oxygens (including phenoxy) is 2. The molecule has 5 rings (SSSR count). The van der Waals surface area contributed by atoms with Crippen LogP contribution in [0.25, 0.3) is 5.65 Å². The highest BCUT2D eigenvalue weighted by molar-refractivity contribution is 5.48. The molecule has 2 aliphatic rings. The number of hydrogen-bond donors (Lipinski definition) is 0. The van der Waals surface area contributed by atoms with E-state index in [1.807, 2.05) is 6.20 Å². The van der Waals surface area contributed by atoms with Gasteiger partial charge in [0.15, 0.2) is 5.65 Å². The van der Waals surface area contributed by atoms with Crippen molar-refractivity contribution in [3.63, 3.8) is 0 Å². The third-order valence-corrected chi connectivity index (χ3v) is 5.56. The smallest absolute Gasteiger partial charge is 0.167 e. The number of aromatic nitrogens is 4. The van der Waals surface area contributed by atoms with E-state index in [0.29, 0.717) is 5.92 Å². The minimum absolute atomic E-state index is 0.464. The van der Waals surface area contributed by atoms with E-state index in [9.17, 15) is 0 Å². The SMILES string of the molecule is c1cc(CCc2ncc(C3CCOCC3)c3nncn23)c2c(c1)OCC2. The summed E-state index contributed by atoms with van der Waals surface area (Å²) in [5, 5.41) is 8.53. The van der Waals surface area contributed by atoms with E-state index in [4.69, 9.17) is 14.5 Å². The summed E-state index contributed by atoms with van der Waals surface area (Å²) in [6, 6.07) is 6.34. The third kappa shape index (κ3) is 2.74. The van der Waals surface area contributed by atoms with E-state index >= 15 is 0 Å². The molecule has 0 spiro atoms. The van der Waals surface area contributed by atoms with E-state index in [-0.39, 0.29) is 0 Å². The van der Waals surface area contributed by atoms with Crippen LogP contribution < -0.4 is 4.74 Å². The summed E-state index contributed by atoms with van der Waals surface area (Å²) in [4.78, 5) is 4.77. The van der Waals surface area contributed by atoms with E-state index in [1.165, 1.54) is 16.7 Å². The fourth-order valence-electron chi connectivity index (χ4n) is 4.14. The van der Waals surface area contributed by atoms with Gasteiger partial charge in [0, 0.05) is 43.4 Å². The molecule has 1 fully saturated rings. The molecule has 0 unspecified atom stereocenters. The summed E-state index contributed by atoms with van der Waals surface area (Å²) < 4.78 is 13.2. The Morgan fingerprint density at radius 3 is 2.96 bits per heavy atom. The lowest BCUT2D eigenvalue weighted by molar-refractivity contribution is 0.0854. The van der Waals surface area contributed by atoms with Crippen LogP contribution in [0, 0.1) is 0 Å². The van der Waals surface area contributed by atoms with Gasteiger partial charge in [-0.05, 0) is 36.8 Å². The van der Waals surface area contributed by atoms with Gasteiger partial charge in [-0.15, -0.1) is 10.2 Å². The largest absolute Gasteiger partial charge is 0.493 e. The lowest BCUT2D eigenvalue weighted by atomic mass is 9.93. The van der Waals surface area contributed by atoms with Crippen LogP contribution in [0.2, 0.25) is 0 Å². The number of hydrogen-bond acceptors (Lipinski definition) is 5. The number of benzene rings is 1. The van der Waals surface area contributed by atoms with Crippen molar-refractivity contribution >= 4 is 5.65 Å². The Bertz CT molecular complexity index is 931. The van der Waals surface area contributed by atoms with Crippen molar-refractivity contribution in [2.45, 2.75) is 38.0 Å². The molecule has 0 bridgehead atoms. The maximum absolute atomic E-state index is 5.68. The second kappa shape index (κ2) is 6.68. The summed E-state index contributed by atoms with van der Waals surface area (Å²) in [7, 11) is 0. The molecule has 0 N–H and O–H groups in total. The molecular formula is C20H22N4O2. The van der Waals surface area contributed by atoms with Gasteiger partial charge < -0.3 is 9.47 Å². The summed E-state index contributed by atoms with van der Waals surface area (Å²) >= 11 is 0. The van der Waals surface area contributed by atoms with Gasteiger partial charge in [0.25, 0.3) is 0 Å².